The molecule has 0 fully saturated rings. The van der Waals surface area contributed by atoms with E-state index in [4.69, 9.17) is 39.0 Å². The summed E-state index contributed by atoms with van der Waals surface area (Å²) < 4.78 is 26.8. The lowest BCUT2D eigenvalue weighted by molar-refractivity contribution is -0.143. The number of hydrogen-bond donors (Lipinski definition) is 3. The van der Waals surface area contributed by atoms with Gasteiger partial charge in [-0.1, -0.05) is 6.58 Å². The molecule has 0 rings (SSSR count). The fourth-order valence-electron chi connectivity index (χ4n) is 1.91. The van der Waals surface area contributed by atoms with Crippen LogP contribution >= 0.6 is 0 Å². The lowest BCUT2D eigenvalue weighted by Gasteiger charge is -2.32. The van der Waals surface area contributed by atoms with Crippen LogP contribution in [0.5, 0.6) is 0 Å². The summed E-state index contributed by atoms with van der Waals surface area (Å²) in [6.45, 7) is 6.13. The minimum absolute atomic E-state index is 0.0776. The Labute approximate surface area is 154 Å². The molecule has 0 aromatic carbocycles. The van der Waals surface area contributed by atoms with Gasteiger partial charge in [-0.25, -0.2) is 4.79 Å². The van der Waals surface area contributed by atoms with Crippen LogP contribution in [0, 0.1) is 5.41 Å². The molecule has 9 nitrogen and oxygen atoms in total. The first kappa shape index (κ1) is 24.9. The number of hydrogen-bond acceptors (Lipinski definition) is 9. The van der Waals surface area contributed by atoms with Crippen LogP contribution < -0.4 is 0 Å². The van der Waals surface area contributed by atoms with Crippen LogP contribution in [0.25, 0.3) is 0 Å². The van der Waals surface area contributed by atoms with E-state index in [-0.39, 0.29) is 79.3 Å². The second-order valence-electron chi connectivity index (χ2n) is 5.80. The van der Waals surface area contributed by atoms with E-state index in [9.17, 15) is 4.79 Å². The smallest absolute Gasteiger partial charge is 0.333 e. The van der Waals surface area contributed by atoms with Crippen LogP contribution in [-0.4, -0.2) is 101 Å². The number of esters is 1. The first-order valence-electron chi connectivity index (χ1n) is 8.47. The van der Waals surface area contributed by atoms with Gasteiger partial charge in [-0.05, 0) is 6.92 Å². The molecule has 0 radical (unpaired) electrons. The van der Waals surface area contributed by atoms with E-state index in [2.05, 4.69) is 6.58 Å². The quantitative estimate of drug-likeness (QED) is 0.158. The summed E-state index contributed by atoms with van der Waals surface area (Å²) in [5.74, 6) is -0.483. The lowest BCUT2D eigenvalue weighted by atomic mass is 9.92. The largest absolute Gasteiger partial charge is 0.460 e. The Morgan fingerprint density at radius 3 is 1.50 bits per heavy atom. The average Bonchev–Trinajstić information content (AvgIpc) is 2.61. The Morgan fingerprint density at radius 1 is 0.769 bits per heavy atom. The zero-order valence-corrected chi connectivity index (χ0v) is 15.5. The predicted octanol–water partition coefficient (Wildman–Crippen LogP) is -0.865. The molecule has 154 valence electrons. The minimum atomic E-state index is -0.697. The molecule has 0 amide bonds. The molecule has 0 saturated carbocycles. The van der Waals surface area contributed by atoms with Crippen LogP contribution in [0.2, 0.25) is 0 Å². The van der Waals surface area contributed by atoms with E-state index in [1.807, 2.05) is 0 Å². The van der Waals surface area contributed by atoms with Crippen molar-refractivity contribution in [1.29, 1.82) is 0 Å². The van der Waals surface area contributed by atoms with Gasteiger partial charge in [-0.15, -0.1) is 0 Å². The van der Waals surface area contributed by atoms with E-state index >= 15 is 0 Å². The Balaban J connectivity index is 4.60. The van der Waals surface area contributed by atoms with Crippen LogP contribution in [0.1, 0.15) is 6.92 Å². The molecule has 3 N–H and O–H groups in total. The zero-order chi connectivity index (χ0) is 19.7. The van der Waals surface area contributed by atoms with Gasteiger partial charge in [-0.2, -0.15) is 0 Å². The molecule has 0 aromatic rings. The van der Waals surface area contributed by atoms with E-state index in [1.165, 1.54) is 0 Å². The molecule has 26 heavy (non-hydrogen) atoms. The highest BCUT2D eigenvalue weighted by Crippen LogP contribution is 2.20. The van der Waals surface area contributed by atoms with E-state index in [1.54, 1.807) is 6.92 Å². The third-order valence-corrected chi connectivity index (χ3v) is 3.15. The van der Waals surface area contributed by atoms with Crippen LogP contribution in [0.15, 0.2) is 12.2 Å². The van der Waals surface area contributed by atoms with Crippen LogP contribution in [0.3, 0.4) is 0 Å². The van der Waals surface area contributed by atoms with Crippen molar-refractivity contribution in [2.24, 2.45) is 5.41 Å². The van der Waals surface area contributed by atoms with Gasteiger partial charge >= 0.3 is 5.97 Å². The molecule has 0 heterocycles. The average molecular weight is 380 g/mol. The summed E-state index contributed by atoms with van der Waals surface area (Å²) >= 11 is 0. The Morgan fingerprint density at radius 2 is 1.15 bits per heavy atom. The van der Waals surface area contributed by atoms with E-state index in [0.29, 0.717) is 5.57 Å². The molecule has 9 heteroatoms. The van der Waals surface area contributed by atoms with Crippen LogP contribution in [0.4, 0.5) is 0 Å². The third-order valence-electron chi connectivity index (χ3n) is 3.15. The summed E-state index contributed by atoms with van der Waals surface area (Å²) in [6, 6.07) is 0. The molecule has 0 aliphatic carbocycles. The third kappa shape index (κ3) is 12.3. The number of carbonyl (C=O) groups is 1. The molecule has 0 aliphatic rings. The normalized spacial score (nSPS) is 11.5. The number of rotatable bonds is 18. The van der Waals surface area contributed by atoms with Crippen molar-refractivity contribution in [2.45, 2.75) is 6.92 Å². The number of carbonyl (C=O) groups excluding carboxylic acids is 1. The van der Waals surface area contributed by atoms with Gasteiger partial charge in [0.1, 0.15) is 6.61 Å². The molecular formula is C17H32O9. The fraction of sp³-hybridized carbons (Fsp3) is 0.824. The van der Waals surface area contributed by atoms with Gasteiger partial charge < -0.3 is 39.0 Å². The molecule has 0 saturated heterocycles. The van der Waals surface area contributed by atoms with Gasteiger partial charge in [0.15, 0.2) is 0 Å². The monoisotopic (exact) mass is 380 g/mol. The number of ether oxygens (including phenoxy) is 5. The summed E-state index contributed by atoms with van der Waals surface area (Å²) in [6.07, 6.45) is 0. The fourth-order valence-corrected chi connectivity index (χ4v) is 1.91. The summed E-state index contributed by atoms with van der Waals surface area (Å²) in [5.41, 5.74) is -0.385. The second kappa shape index (κ2) is 16.1. The zero-order valence-electron chi connectivity index (χ0n) is 15.5. The van der Waals surface area contributed by atoms with Crippen molar-refractivity contribution >= 4 is 5.97 Å². The molecule has 0 atom stereocenters. The van der Waals surface area contributed by atoms with Gasteiger partial charge in [0.05, 0.1) is 78.1 Å². The molecule has 0 spiro atoms. The van der Waals surface area contributed by atoms with Gasteiger partial charge in [-0.3, -0.25) is 0 Å². The minimum Gasteiger partial charge on any atom is -0.460 e. The lowest BCUT2D eigenvalue weighted by Crippen LogP contribution is -2.42. The second-order valence-corrected chi connectivity index (χ2v) is 5.80. The molecule has 0 unspecified atom stereocenters. The van der Waals surface area contributed by atoms with Crippen LogP contribution in [-0.2, 0) is 28.5 Å². The predicted molar refractivity (Wildman–Crippen MR) is 92.7 cm³/mol. The van der Waals surface area contributed by atoms with E-state index < -0.39 is 11.4 Å². The summed E-state index contributed by atoms with van der Waals surface area (Å²) in [4.78, 5) is 11.3. The first-order valence-corrected chi connectivity index (χ1v) is 8.47. The maximum absolute atomic E-state index is 11.3. The van der Waals surface area contributed by atoms with Crippen molar-refractivity contribution in [3.63, 3.8) is 0 Å². The number of aliphatic hydroxyl groups excluding tert-OH is 3. The van der Waals surface area contributed by atoms with Crippen molar-refractivity contribution in [1.82, 2.24) is 0 Å². The van der Waals surface area contributed by atoms with E-state index in [0.717, 1.165) is 0 Å². The first-order chi connectivity index (χ1) is 12.5. The van der Waals surface area contributed by atoms with Crippen molar-refractivity contribution in [3.05, 3.63) is 12.2 Å². The van der Waals surface area contributed by atoms with Crippen molar-refractivity contribution in [2.75, 3.05) is 79.3 Å². The van der Waals surface area contributed by atoms with Crippen molar-refractivity contribution in [3.8, 4) is 0 Å². The SMILES string of the molecule is C=C(C)C(=O)OCCOCC(COCCO)(COCCO)COCCO. The Kier molecular flexibility index (Phi) is 15.5. The maximum atomic E-state index is 11.3. The Hall–Kier alpha value is -1.07. The topological polar surface area (TPSA) is 124 Å². The number of aliphatic hydroxyl groups is 3. The maximum Gasteiger partial charge on any atom is 0.333 e. The van der Waals surface area contributed by atoms with Gasteiger partial charge in [0.2, 0.25) is 0 Å². The highest BCUT2D eigenvalue weighted by Gasteiger charge is 2.32. The Bertz CT molecular complexity index is 347. The molecular weight excluding hydrogens is 348 g/mol. The summed E-state index contributed by atoms with van der Waals surface area (Å²) in [7, 11) is 0. The van der Waals surface area contributed by atoms with Crippen molar-refractivity contribution < 1.29 is 43.8 Å². The molecule has 0 aromatic heterocycles. The standard InChI is InChI=1S/C17H32O9/c1-15(2)16(21)26-10-9-25-14-17(11-22-6-3-18,12-23-7-4-19)13-24-8-5-20/h18-20H,1,3-14H2,2H3. The molecule has 0 bridgehead atoms. The van der Waals surface area contributed by atoms with Gasteiger partial charge in [0.25, 0.3) is 0 Å². The molecule has 0 aliphatic heterocycles. The highest BCUT2D eigenvalue weighted by atomic mass is 16.6. The summed E-state index contributed by atoms with van der Waals surface area (Å²) in [5, 5.41) is 26.7. The highest BCUT2D eigenvalue weighted by molar-refractivity contribution is 5.86. The van der Waals surface area contributed by atoms with Gasteiger partial charge in [0, 0.05) is 5.57 Å².